The molecule has 5 atom stereocenters. The van der Waals surface area contributed by atoms with Gasteiger partial charge >= 0.3 is 0 Å². The van der Waals surface area contributed by atoms with Crippen LogP contribution in [0.1, 0.15) is 64.7 Å². The van der Waals surface area contributed by atoms with Crippen LogP contribution in [0.4, 0.5) is 11.4 Å². The Morgan fingerprint density at radius 1 is 1.03 bits per heavy atom. The highest BCUT2D eigenvalue weighted by molar-refractivity contribution is 5.95. The van der Waals surface area contributed by atoms with Gasteiger partial charge in [-0.1, -0.05) is 36.4 Å². The second-order valence-electron chi connectivity index (χ2n) is 9.31. The van der Waals surface area contributed by atoms with E-state index in [4.69, 9.17) is 0 Å². The average Bonchev–Trinajstić information content (AvgIpc) is 3.43. The van der Waals surface area contributed by atoms with Gasteiger partial charge in [0.1, 0.15) is 0 Å². The summed E-state index contributed by atoms with van der Waals surface area (Å²) in [6, 6.07) is 11.5. The number of nitro groups is 1. The third-order valence-electron chi connectivity index (χ3n) is 7.70. The van der Waals surface area contributed by atoms with Crippen molar-refractivity contribution < 1.29 is 9.72 Å². The number of benzene rings is 2. The fourth-order valence-electron chi connectivity index (χ4n) is 6.35. The van der Waals surface area contributed by atoms with Crippen LogP contribution in [0.25, 0.3) is 0 Å². The zero-order valence-corrected chi connectivity index (χ0v) is 17.4. The predicted octanol–water partition coefficient (Wildman–Crippen LogP) is 5.69. The molecule has 0 fully saturated rings. The van der Waals surface area contributed by atoms with E-state index in [1.807, 2.05) is 12.1 Å². The van der Waals surface area contributed by atoms with Crippen LogP contribution in [0, 0.1) is 22.0 Å². The first-order valence-corrected chi connectivity index (χ1v) is 11.1. The monoisotopic (exact) mass is 412 g/mol. The smallest absolute Gasteiger partial charge is 0.269 e. The maximum Gasteiger partial charge on any atom is 0.269 e. The summed E-state index contributed by atoms with van der Waals surface area (Å²) < 4.78 is 0. The molecule has 0 saturated heterocycles. The number of Topliss-reactive ketones (excluding diaryl/α,β-unsaturated/α-hetero) is 1. The highest BCUT2D eigenvalue weighted by Gasteiger charge is 2.47. The molecule has 2 aliphatic carbocycles. The first-order valence-electron chi connectivity index (χ1n) is 11.1. The van der Waals surface area contributed by atoms with Crippen molar-refractivity contribution in [1.29, 1.82) is 0 Å². The average molecular weight is 412 g/mol. The van der Waals surface area contributed by atoms with E-state index in [9.17, 15) is 14.9 Å². The molecule has 2 aromatic rings. The molecule has 0 radical (unpaired) electrons. The SMILES string of the molecule is CC(=O)c1cc2c3c(c1)[C@@H]1C=CC[C@@H]1CN3[C@@H](c1ccc([N+](=O)[O-])cc1)[C@@H]1CC=C[C@H]21. The Labute approximate surface area is 181 Å². The van der Waals surface area contributed by atoms with Crippen molar-refractivity contribution in [3.8, 4) is 0 Å². The van der Waals surface area contributed by atoms with E-state index >= 15 is 0 Å². The van der Waals surface area contributed by atoms with Crippen molar-refractivity contribution in [1.82, 2.24) is 0 Å². The summed E-state index contributed by atoms with van der Waals surface area (Å²) in [5.41, 5.74) is 5.92. The van der Waals surface area contributed by atoms with E-state index in [0.717, 1.165) is 30.5 Å². The number of nitro benzene ring substituents is 1. The number of carbonyl (C=O) groups is 1. The molecule has 0 bridgehead atoms. The van der Waals surface area contributed by atoms with Gasteiger partial charge in [0.15, 0.2) is 5.78 Å². The number of nitrogens with zero attached hydrogens (tertiary/aromatic N) is 2. The zero-order valence-electron chi connectivity index (χ0n) is 17.4. The molecule has 0 saturated carbocycles. The standard InChI is InChI=1S/C26H24N2O3/c1-15(29)18-12-23-20-5-2-4-17(20)14-27-25(16-8-10-19(11-9-16)28(30)31)22-7-3-6-21(22)24(13-18)26(23)27/h2-3,5-6,8-13,17,20-22,25H,4,7,14H2,1H3/t17-,20-,21+,22-,25+/m1/s1. The molecule has 5 heteroatoms. The summed E-state index contributed by atoms with van der Waals surface area (Å²) in [6.45, 7) is 2.63. The Kier molecular flexibility index (Phi) is 3.98. The van der Waals surface area contributed by atoms with Crippen LogP contribution in [-0.2, 0) is 0 Å². The van der Waals surface area contributed by atoms with Crippen LogP contribution in [0.2, 0.25) is 0 Å². The number of carbonyl (C=O) groups excluding carboxylic acids is 1. The van der Waals surface area contributed by atoms with Crippen LogP contribution in [0.5, 0.6) is 0 Å². The second kappa shape index (κ2) is 6.64. The molecule has 6 rings (SSSR count). The van der Waals surface area contributed by atoms with Crippen LogP contribution < -0.4 is 4.90 Å². The van der Waals surface area contributed by atoms with Gasteiger partial charge in [-0.2, -0.15) is 0 Å². The molecule has 2 aromatic carbocycles. The quantitative estimate of drug-likeness (QED) is 0.281. The van der Waals surface area contributed by atoms with Gasteiger partial charge < -0.3 is 4.90 Å². The number of hydrogen-bond acceptors (Lipinski definition) is 4. The van der Waals surface area contributed by atoms with Crippen LogP contribution >= 0.6 is 0 Å². The molecule has 0 spiro atoms. The van der Waals surface area contributed by atoms with Gasteiger partial charge in [-0.15, -0.1) is 0 Å². The van der Waals surface area contributed by atoms with Gasteiger partial charge in [0.05, 0.1) is 11.0 Å². The van der Waals surface area contributed by atoms with E-state index < -0.39 is 0 Å². The molecule has 0 unspecified atom stereocenters. The summed E-state index contributed by atoms with van der Waals surface area (Å²) in [6.07, 6.45) is 11.2. The number of non-ortho nitro benzene ring substituents is 1. The molecule has 5 nitrogen and oxygen atoms in total. The highest BCUT2D eigenvalue weighted by Crippen LogP contribution is 2.59. The number of hydrogen-bond donors (Lipinski definition) is 0. The first kappa shape index (κ1) is 18.6. The summed E-state index contributed by atoms with van der Waals surface area (Å²) in [5, 5.41) is 11.2. The molecule has 156 valence electrons. The molecule has 0 N–H and O–H groups in total. The Morgan fingerprint density at radius 3 is 2.42 bits per heavy atom. The van der Waals surface area contributed by atoms with Crippen LogP contribution in [0.15, 0.2) is 60.7 Å². The summed E-state index contributed by atoms with van der Waals surface area (Å²) in [4.78, 5) is 25.7. The number of anilines is 1. The molecule has 31 heavy (non-hydrogen) atoms. The highest BCUT2D eigenvalue weighted by atomic mass is 16.6. The van der Waals surface area contributed by atoms with Gasteiger partial charge in [-0.3, -0.25) is 14.9 Å². The van der Waals surface area contributed by atoms with Gasteiger partial charge in [0, 0.05) is 41.8 Å². The summed E-state index contributed by atoms with van der Waals surface area (Å²) >= 11 is 0. The van der Waals surface area contributed by atoms with Crippen molar-refractivity contribution >= 4 is 17.2 Å². The van der Waals surface area contributed by atoms with Crippen LogP contribution in [0.3, 0.4) is 0 Å². The predicted molar refractivity (Wildman–Crippen MR) is 120 cm³/mol. The maximum atomic E-state index is 12.4. The van der Waals surface area contributed by atoms with E-state index in [1.54, 1.807) is 19.1 Å². The lowest BCUT2D eigenvalue weighted by Gasteiger charge is -2.51. The van der Waals surface area contributed by atoms with Crippen molar-refractivity contribution in [2.24, 2.45) is 11.8 Å². The third-order valence-corrected chi connectivity index (χ3v) is 7.70. The lowest BCUT2D eigenvalue weighted by molar-refractivity contribution is -0.384. The number of rotatable bonds is 3. The van der Waals surface area contributed by atoms with Gasteiger partial charge in [0.2, 0.25) is 0 Å². The maximum absolute atomic E-state index is 12.4. The minimum absolute atomic E-state index is 0.116. The molecule has 4 aliphatic rings. The molecule has 2 aliphatic heterocycles. The fraction of sp³-hybridized carbons (Fsp3) is 0.346. The third kappa shape index (κ3) is 2.65. The first-order chi connectivity index (χ1) is 15.0. The van der Waals surface area contributed by atoms with Crippen molar-refractivity contribution in [3.63, 3.8) is 0 Å². The number of fused-ring (bicyclic) bond motifs is 4. The van der Waals surface area contributed by atoms with Gasteiger partial charge in [-0.05, 0) is 60.4 Å². The van der Waals surface area contributed by atoms with E-state index in [-0.39, 0.29) is 28.4 Å². The van der Waals surface area contributed by atoms with E-state index in [0.29, 0.717) is 17.8 Å². The lowest BCUT2D eigenvalue weighted by atomic mass is 9.70. The largest absolute Gasteiger partial charge is 0.363 e. The van der Waals surface area contributed by atoms with Gasteiger partial charge in [0.25, 0.3) is 5.69 Å². The molecule has 0 aromatic heterocycles. The minimum atomic E-state index is -0.336. The lowest BCUT2D eigenvalue weighted by Crippen LogP contribution is -2.46. The van der Waals surface area contributed by atoms with E-state index in [1.165, 1.54) is 16.8 Å². The normalized spacial score (nSPS) is 29.5. The fourth-order valence-corrected chi connectivity index (χ4v) is 6.35. The summed E-state index contributed by atoms with van der Waals surface area (Å²) in [5.74, 6) is 1.63. The molecule has 0 amide bonds. The Morgan fingerprint density at radius 2 is 1.71 bits per heavy atom. The van der Waals surface area contributed by atoms with Crippen LogP contribution in [-0.4, -0.2) is 17.3 Å². The molecular formula is C26H24N2O3. The van der Waals surface area contributed by atoms with Gasteiger partial charge in [-0.25, -0.2) is 0 Å². The Balaban J connectivity index is 1.55. The second-order valence-corrected chi connectivity index (χ2v) is 9.31. The van der Waals surface area contributed by atoms with Crippen molar-refractivity contribution in [2.45, 2.75) is 37.6 Å². The molecule has 2 heterocycles. The number of ketones is 1. The number of allylic oxidation sites excluding steroid dienone is 4. The van der Waals surface area contributed by atoms with E-state index in [2.05, 4.69) is 41.3 Å². The summed E-state index contributed by atoms with van der Waals surface area (Å²) in [7, 11) is 0. The minimum Gasteiger partial charge on any atom is -0.363 e. The Bertz CT molecular complexity index is 1150. The zero-order chi connectivity index (χ0) is 21.3. The topological polar surface area (TPSA) is 63.5 Å². The molecular weight excluding hydrogens is 388 g/mol. The Hall–Kier alpha value is -3.21. The van der Waals surface area contributed by atoms with Crippen molar-refractivity contribution in [2.75, 3.05) is 11.4 Å². The van der Waals surface area contributed by atoms with Crippen molar-refractivity contribution in [3.05, 3.63) is 93.1 Å².